The Bertz CT molecular complexity index is 546. The average molecular weight is 301 g/mol. The van der Waals surface area contributed by atoms with Crippen molar-refractivity contribution in [1.29, 1.82) is 0 Å². The molecule has 0 bridgehead atoms. The van der Waals surface area contributed by atoms with Crippen molar-refractivity contribution < 1.29 is 9.59 Å². The van der Waals surface area contributed by atoms with E-state index in [9.17, 15) is 9.59 Å². The van der Waals surface area contributed by atoms with Crippen LogP contribution in [0.5, 0.6) is 0 Å². The van der Waals surface area contributed by atoms with Gasteiger partial charge in [-0.3, -0.25) is 4.79 Å². The second-order valence-corrected chi connectivity index (χ2v) is 6.38. The summed E-state index contributed by atoms with van der Waals surface area (Å²) < 4.78 is 0. The minimum absolute atomic E-state index is 0.0285. The Hall–Kier alpha value is -2.04. The number of likely N-dealkylation sites (tertiary alicyclic amines) is 1. The maximum atomic E-state index is 12.3. The van der Waals surface area contributed by atoms with E-state index >= 15 is 0 Å². The first-order valence-corrected chi connectivity index (χ1v) is 8.04. The largest absolute Gasteiger partial charge is 0.333 e. The first-order valence-electron chi connectivity index (χ1n) is 8.04. The third-order valence-corrected chi connectivity index (χ3v) is 4.46. The third kappa shape index (κ3) is 3.24. The highest BCUT2D eigenvalue weighted by Crippen LogP contribution is 2.21. The van der Waals surface area contributed by atoms with E-state index in [-0.39, 0.29) is 18.0 Å². The maximum Gasteiger partial charge on any atom is 0.317 e. The Morgan fingerprint density at radius 3 is 2.73 bits per heavy atom. The lowest BCUT2D eigenvalue weighted by molar-refractivity contribution is -0.117. The summed E-state index contributed by atoms with van der Waals surface area (Å²) in [5.41, 5.74) is 0.899. The van der Waals surface area contributed by atoms with E-state index in [4.69, 9.17) is 0 Å². The molecule has 0 aromatic heterocycles. The number of benzene rings is 1. The number of carbonyl (C=O) groups excluding carboxylic acids is 2. The Labute approximate surface area is 131 Å². The van der Waals surface area contributed by atoms with Gasteiger partial charge in [-0.2, -0.15) is 0 Å². The fourth-order valence-electron chi connectivity index (χ4n) is 3.30. The number of rotatable bonds is 2. The summed E-state index contributed by atoms with van der Waals surface area (Å²) in [4.78, 5) is 28.1. The number of nitrogens with one attached hydrogen (secondary N) is 1. The fraction of sp³-hybridized carbons (Fsp3) is 0.529. The average Bonchev–Trinajstić information content (AvgIpc) is 2.88. The Kier molecular flexibility index (Phi) is 4.32. The molecular formula is C17H23N3O2. The molecule has 118 valence electrons. The molecule has 5 heteroatoms. The summed E-state index contributed by atoms with van der Waals surface area (Å²) in [5.74, 6) is 0.633. The number of urea groups is 1. The Morgan fingerprint density at radius 1 is 1.23 bits per heavy atom. The van der Waals surface area contributed by atoms with Crippen LogP contribution in [0.25, 0.3) is 0 Å². The lowest BCUT2D eigenvalue weighted by Gasteiger charge is -2.31. The highest BCUT2D eigenvalue weighted by Gasteiger charge is 2.32. The Morgan fingerprint density at radius 2 is 2.00 bits per heavy atom. The van der Waals surface area contributed by atoms with Gasteiger partial charge in [-0.25, -0.2) is 4.79 Å². The molecule has 2 atom stereocenters. The minimum atomic E-state index is -0.0996. The molecule has 22 heavy (non-hydrogen) atoms. The zero-order chi connectivity index (χ0) is 15.5. The second kappa shape index (κ2) is 6.38. The van der Waals surface area contributed by atoms with Crippen molar-refractivity contribution in [2.45, 2.75) is 32.2 Å². The van der Waals surface area contributed by atoms with Crippen molar-refractivity contribution >= 4 is 17.6 Å². The van der Waals surface area contributed by atoms with Crippen molar-refractivity contribution in [2.24, 2.45) is 5.92 Å². The van der Waals surface area contributed by atoms with Crippen molar-refractivity contribution in [3.05, 3.63) is 30.3 Å². The summed E-state index contributed by atoms with van der Waals surface area (Å²) in [6.07, 6.45) is 2.63. The Balaban J connectivity index is 1.58. The van der Waals surface area contributed by atoms with Crippen LogP contribution in [0.15, 0.2) is 30.3 Å². The molecule has 3 rings (SSSR count). The van der Waals surface area contributed by atoms with Crippen LogP contribution < -0.4 is 10.2 Å². The number of hydrogen-bond donors (Lipinski definition) is 1. The lowest BCUT2D eigenvalue weighted by atomic mass is 10.0. The van der Waals surface area contributed by atoms with Gasteiger partial charge in [0.05, 0.1) is 6.04 Å². The summed E-state index contributed by atoms with van der Waals surface area (Å²) >= 11 is 0. The molecule has 1 aromatic rings. The van der Waals surface area contributed by atoms with Gasteiger partial charge in [0.2, 0.25) is 5.91 Å². The van der Waals surface area contributed by atoms with Crippen LogP contribution in [0.4, 0.5) is 10.5 Å². The van der Waals surface area contributed by atoms with Gasteiger partial charge in [-0.05, 0) is 30.9 Å². The number of hydrogen-bond acceptors (Lipinski definition) is 2. The first kappa shape index (κ1) is 14.9. The molecule has 0 unspecified atom stereocenters. The normalized spacial score (nSPS) is 25.4. The van der Waals surface area contributed by atoms with Gasteiger partial charge < -0.3 is 15.1 Å². The minimum Gasteiger partial charge on any atom is -0.333 e. The van der Waals surface area contributed by atoms with Gasteiger partial charge in [0.15, 0.2) is 0 Å². The van der Waals surface area contributed by atoms with E-state index in [1.54, 1.807) is 4.90 Å². The van der Waals surface area contributed by atoms with E-state index < -0.39 is 0 Å². The van der Waals surface area contributed by atoms with Gasteiger partial charge in [0.25, 0.3) is 0 Å². The van der Waals surface area contributed by atoms with Gasteiger partial charge in [-0.15, -0.1) is 0 Å². The summed E-state index contributed by atoms with van der Waals surface area (Å²) in [6.45, 7) is 4.36. The number of nitrogens with zero attached hydrogens (tertiary/aromatic N) is 2. The molecule has 5 nitrogen and oxygen atoms in total. The molecule has 2 saturated heterocycles. The molecule has 1 aromatic carbocycles. The SMILES string of the molecule is C[C@H]1CCCN(C(=O)N[C@@H]2CC(=O)N(c3ccccc3)C2)C1. The van der Waals surface area contributed by atoms with Crippen molar-refractivity contribution in [1.82, 2.24) is 10.2 Å². The van der Waals surface area contributed by atoms with E-state index in [2.05, 4.69) is 12.2 Å². The molecule has 2 aliphatic rings. The highest BCUT2D eigenvalue weighted by atomic mass is 16.2. The van der Waals surface area contributed by atoms with Crippen LogP contribution in [-0.2, 0) is 4.79 Å². The number of anilines is 1. The van der Waals surface area contributed by atoms with Crippen molar-refractivity contribution in [2.75, 3.05) is 24.5 Å². The quantitative estimate of drug-likeness (QED) is 0.911. The van der Waals surface area contributed by atoms with Gasteiger partial charge in [0, 0.05) is 31.7 Å². The topological polar surface area (TPSA) is 52.7 Å². The third-order valence-electron chi connectivity index (χ3n) is 4.46. The van der Waals surface area contributed by atoms with Crippen LogP contribution >= 0.6 is 0 Å². The zero-order valence-electron chi connectivity index (χ0n) is 13.0. The molecular weight excluding hydrogens is 278 g/mol. The molecule has 1 N–H and O–H groups in total. The molecule has 0 spiro atoms. The van der Waals surface area contributed by atoms with E-state index in [1.165, 1.54) is 6.42 Å². The predicted molar refractivity (Wildman–Crippen MR) is 85.7 cm³/mol. The monoisotopic (exact) mass is 301 g/mol. The fourth-order valence-corrected chi connectivity index (χ4v) is 3.30. The highest BCUT2D eigenvalue weighted by molar-refractivity contribution is 5.96. The summed E-state index contributed by atoms with van der Waals surface area (Å²) in [6, 6.07) is 9.49. The van der Waals surface area contributed by atoms with E-state index in [0.29, 0.717) is 18.9 Å². The summed E-state index contributed by atoms with van der Waals surface area (Å²) in [7, 11) is 0. The second-order valence-electron chi connectivity index (χ2n) is 6.38. The number of para-hydroxylation sites is 1. The van der Waals surface area contributed by atoms with Crippen LogP contribution in [-0.4, -0.2) is 42.5 Å². The summed E-state index contributed by atoms with van der Waals surface area (Å²) in [5, 5.41) is 3.02. The van der Waals surface area contributed by atoms with Gasteiger partial charge >= 0.3 is 6.03 Å². The smallest absolute Gasteiger partial charge is 0.317 e. The van der Waals surface area contributed by atoms with Gasteiger partial charge in [0.1, 0.15) is 0 Å². The molecule has 3 amide bonds. The van der Waals surface area contributed by atoms with Crippen LogP contribution in [0, 0.1) is 5.92 Å². The number of amides is 3. The van der Waals surface area contributed by atoms with Crippen molar-refractivity contribution in [3.63, 3.8) is 0 Å². The molecule has 0 radical (unpaired) electrons. The molecule has 0 aliphatic carbocycles. The van der Waals surface area contributed by atoms with E-state index in [0.717, 1.165) is 25.2 Å². The van der Waals surface area contributed by atoms with E-state index in [1.807, 2.05) is 35.2 Å². The molecule has 0 saturated carbocycles. The van der Waals surface area contributed by atoms with Crippen LogP contribution in [0.2, 0.25) is 0 Å². The van der Waals surface area contributed by atoms with Crippen LogP contribution in [0.1, 0.15) is 26.2 Å². The van der Waals surface area contributed by atoms with Gasteiger partial charge in [-0.1, -0.05) is 25.1 Å². The number of piperidine rings is 1. The standard InChI is InChI=1S/C17H23N3O2/c1-13-6-5-9-19(11-13)17(22)18-14-10-16(21)20(12-14)15-7-3-2-4-8-15/h2-4,7-8,13-14H,5-6,9-12H2,1H3,(H,18,22)/t13-,14+/m0/s1. The lowest BCUT2D eigenvalue weighted by Crippen LogP contribution is -2.49. The first-order chi connectivity index (χ1) is 10.6. The number of carbonyl (C=O) groups is 2. The predicted octanol–water partition coefficient (Wildman–Crippen LogP) is 2.23. The molecule has 2 heterocycles. The van der Waals surface area contributed by atoms with Crippen LogP contribution in [0.3, 0.4) is 0 Å². The van der Waals surface area contributed by atoms with Crippen molar-refractivity contribution in [3.8, 4) is 0 Å². The zero-order valence-corrected chi connectivity index (χ0v) is 13.0. The maximum absolute atomic E-state index is 12.3. The molecule has 2 fully saturated rings. The molecule has 2 aliphatic heterocycles.